The molecule has 0 aromatic carbocycles. The highest BCUT2D eigenvalue weighted by molar-refractivity contribution is 5.82. The molecule has 2 N–H and O–H groups in total. The molecule has 4 heteroatoms. The van der Waals surface area contributed by atoms with Gasteiger partial charge < -0.3 is 15.5 Å². The molecule has 1 heterocycles. The lowest BCUT2D eigenvalue weighted by Crippen LogP contribution is -2.56. The van der Waals surface area contributed by atoms with Crippen molar-refractivity contribution in [1.29, 1.82) is 0 Å². The van der Waals surface area contributed by atoms with Crippen LogP contribution in [0.5, 0.6) is 0 Å². The van der Waals surface area contributed by atoms with Gasteiger partial charge in [-0.1, -0.05) is 12.8 Å². The number of carbonyl (C=O) groups excluding carboxylic acids is 1. The Morgan fingerprint density at radius 1 is 1.25 bits per heavy atom. The molecule has 1 saturated heterocycles. The summed E-state index contributed by atoms with van der Waals surface area (Å²) in [6.45, 7) is 3.12. The molecule has 116 valence electrons. The number of piperidine rings is 1. The van der Waals surface area contributed by atoms with E-state index in [1.807, 2.05) is 0 Å². The second-order valence-electron chi connectivity index (χ2n) is 6.95. The molecular formula is C16H31N3O. The van der Waals surface area contributed by atoms with E-state index in [0.717, 1.165) is 25.3 Å². The third-order valence-electron chi connectivity index (χ3n) is 4.86. The zero-order valence-electron chi connectivity index (χ0n) is 13.3. The first-order valence-corrected chi connectivity index (χ1v) is 8.27. The Morgan fingerprint density at radius 3 is 2.75 bits per heavy atom. The van der Waals surface area contributed by atoms with Crippen LogP contribution in [-0.2, 0) is 4.79 Å². The molecule has 1 amide bonds. The highest BCUT2D eigenvalue weighted by atomic mass is 16.2. The van der Waals surface area contributed by atoms with E-state index in [-0.39, 0.29) is 18.0 Å². The first-order valence-electron chi connectivity index (χ1n) is 8.27. The van der Waals surface area contributed by atoms with Crippen LogP contribution in [0.25, 0.3) is 0 Å². The molecule has 20 heavy (non-hydrogen) atoms. The van der Waals surface area contributed by atoms with Gasteiger partial charge in [-0.25, -0.2) is 0 Å². The fraction of sp³-hybridized carbons (Fsp3) is 0.938. The maximum Gasteiger partial charge on any atom is 0.237 e. The predicted octanol–water partition coefficient (Wildman–Crippen LogP) is 1.75. The highest BCUT2D eigenvalue weighted by Crippen LogP contribution is 2.32. The molecule has 2 aliphatic rings. The van der Waals surface area contributed by atoms with Gasteiger partial charge in [0.2, 0.25) is 5.91 Å². The standard InChI is InChI=1S/C16H31N3O/c1-12(10-11-19(2)3)17-16(20)15-9-8-13-6-4-5-7-14(13)18-15/h12-15,18H,4-11H2,1-3H3,(H,17,20). The van der Waals surface area contributed by atoms with Crippen LogP contribution in [0.15, 0.2) is 0 Å². The molecule has 1 aliphatic heterocycles. The van der Waals surface area contributed by atoms with E-state index in [1.54, 1.807) is 0 Å². The number of fused-ring (bicyclic) bond motifs is 1. The van der Waals surface area contributed by atoms with Crippen LogP contribution >= 0.6 is 0 Å². The molecule has 4 nitrogen and oxygen atoms in total. The van der Waals surface area contributed by atoms with Gasteiger partial charge in [0, 0.05) is 12.1 Å². The van der Waals surface area contributed by atoms with Gasteiger partial charge >= 0.3 is 0 Å². The maximum absolute atomic E-state index is 12.3. The summed E-state index contributed by atoms with van der Waals surface area (Å²) in [4.78, 5) is 14.5. The van der Waals surface area contributed by atoms with Crippen LogP contribution in [0, 0.1) is 5.92 Å². The molecule has 1 saturated carbocycles. The summed E-state index contributed by atoms with van der Waals surface area (Å²) in [6.07, 6.45) is 8.55. The Bertz CT molecular complexity index is 319. The fourth-order valence-electron chi connectivity index (χ4n) is 3.57. The summed E-state index contributed by atoms with van der Waals surface area (Å²) >= 11 is 0. The maximum atomic E-state index is 12.3. The summed E-state index contributed by atoms with van der Waals surface area (Å²) in [5.41, 5.74) is 0. The number of rotatable bonds is 5. The van der Waals surface area contributed by atoms with Crippen LogP contribution in [0.2, 0.25) is 0 Å². The van der Waals surface area contributed by atoms with Gasteiger partial charge in [0.05, 0.1) is 6.04 Å². The van der Waals surface area contributed by atoms with Crippen LogP contribution in [-0.4, -0.2) is 49.6 Å². The van der Waals surface area contributed by atoms with Crippen molar-refractivity contribution < 1.29 is 4.79 Å². The van der Waals surface area contributed by atoms with E-state index < -0.39 is 0 Å². The quantitative estimate of drug-likeness (QED) is 0.807. The number of nitrogens with one attached hydrogen (secondary N) is 2. The second-order valence-corrected chi connectivity index (χ2v) is 6.95. The minimum absolute atomic E-state index is 0.0381. The van der Waals surface area contributed by atoms with Crippen molar-refractivity contribution in [3.8, 4) is 0 Å². The lowest BCUT2D eigenvalue weighted by Gasteiger charge is -2.40. The van der Waals surface area contributed by atoms with Crippen molar-refractivity contribution in [1.82, 2.24) is 15.5 Å². The molecule has 4 unspecified atom stereocenters. The van der Waals surface area contributed by atoms with Gasteiger partial charge in [0.15, 0.2) is 0 Å². The summed E-state index contributed by atoms with van der Waals surface area (Å²) in [6, 6.07) is 0.886. The molecule has 1 aliphatic carbocycles. The molecular weight excluding hydrogens is 250 g/mol. The topological polar surface area (TPSA) is 44.4 Å². The zero-order valence-corrected chi connectivity index (χ0v) is 13.3. The lowest BCUT2D eigenvalue weighted by atomic mass is 9.77. The number of amides is 1. The summed E-state index contributed by atoms with van der Waals surface area (Å²) in [5, 5.41) is 6.78. The van der Waals surface area contributed by atoms with Crippen molar-refractivity contribution in [3.05, 3.63) is 0 Å². The van der Waals surface area contributed by atoms with Crippen molar-refractivity contribution >= 4 is 5.91 Å². The Morgan fingerprint density at radius 2 is 2.00 bits per heavy atom. The van der Waals surface area contributed by atoms with Crippen molar-refractivity contribution in [2.45, 2.75) is 70.0 Å². The van der Waals surface area contributed by atoms with E-state index >= 15 is 0 Å². The van der Waals surface area contributed by atoms with Gasteiger partial charge in [-0.05, 0) is 65.6 Å². The number of carbonyl (C=O) groups is 1. The molecule has 2 fully saturated rings. The smallest absolute Gasteiger partial charge is 0.237 e. The molecule has 0 aromatic heterocycles. The van der Waals surface area contributed by atoms with E-state index in [2.05, 4.69) is 36.6 Å². The SMILES string of the molecule is CC(CCN(C)C)NC(=O)C1CCC2CCCCC2N1. The van der Waals surface area contributed by atoms with Gasteiger partial charge in [-0.15, -0.1) is 0 Å². The first-order chi connectivity index (χ1) is 9.56. The van der Waals surface area contributed by atoms with Gasteiger partial charge in [0.1, 0.15) is 0 Å². The molecule has 0 spiro atoms. The Labute approximate surface area is 123 Å². The van der Waals surface area contributed by atoms with Crippen LogP contribution in [0.4, 0.5) is 0 Å². The minimum atomic E-state index is 0.0381. The van der Waals surface area contributed by atoms with Crippen molar-refractivity contribution in [2.75, 3.05) is 20.6 Å². The number of hydrogen-bond acceptors (Lipinski definition) is 3. The zero-order chi connectivity index (χ0) is 14.5. The largest absolute Gasteiger partial charge is 0.352 e. The third kappa shape index (κ3) is 4.45. The van der Waals surface area contributed by atoms with Gasteiger partial charge in [-0.2, -0.15) is 0 Å². The molecule has 0 aromatic rings. The molecule has 4 atom stereocenters. The van der Waals surface area contributed by atoms with Gasteiger partial charge in [-0.3, -0.25) is 4.79 Å². The van der Waals surface area contributed by atoms with Gasteiger partial charge in [0.25, 0.3) is 0 Å². The van der Waals surface area contributed by atoms with E-state index in [9.17, 15) is 4.79 Å². The van der Waals surface area contributed by atoms with Crippen molar-refractivity contribution in [3.63, 3.8) is 0 Å². The van der Waals surface area contributed by atoms with Crippen LogP contribution < -0.4 is 10.6 Å². The van der Waals surface area contributed by atoms with E-state index in [4.69, 9.17) is 0 Å². The molecule has 2 rings (SSSR count). The van der Waals surface area contributed by atoms with E-state index in [1.165, 1.54) is 32.1 Å². The predicted molar refractivity (Wildman–Crippen MR) is 82.7 cm³/mol. The molecule has 0 bridgehead atoms. The summed E-state index contributed by atoms with van der Waals surface area (Å²) < 4.78 is 0. The minimum Gasteiger partial charge on any atom is -0.352 e. The average Bonchev–Trinajstić information content (AvgIpc) is 2.44. The lowest BCUT2D eigenvalue weighted by molar-refractivity contribution is -0.125. The fourth-order valence-corrected chi connectivity index (χ4v) is 3.57. The average molecular weight is 281 g/mol. The Balaban J connectivity index is 1.75. The normalized spacial score (nSPS) is 31.7. The number of hydrogen-bond donors (Lipinski definition) is 2. The summed E-state index contributed by atoms with van der Waals surface area (Å²) in [7, 11) is 4.14. The number of nitrogens with zero attached hydrogens (tertiary/aromatic N) is 1. The molecule has 0 radical (unpaired) electrons. The Kier molecular flexibility index (Phi) is 5.85. The second kappa shape index (κ2) is 7.41. The van der Waals surface area contributed by atoms with Crippen LogP contribution in [0.1, 0.15) is 51.9 Å². The highest BCUT2D eigenvalue weighted by Gasteiger charge is 2.34. The summed E-state index contributed by atoms with van der Waals surface area (Å²) in [5.74, 6) is 1.03. The third-order valence-corrected chi connectivity index (χ3v) is 4.86. The first kappa shape index (κ1) is 15.8. The monoisotopic (exact) mass is 281 g/mol. The Hall–Kier alpha value is -0.610. The van der Waals surface area contributed by atoms with Crippen molar-refractivity contribution in [2.24, 2.45) is 5.92 Å². The van der Waals surface area contributed by atoms with E-state index in [0.29, 0.717) is 6.04 Å². The van der Waals surface area contributed by atoms with Crippen LogP contribution in [0.3, 0.4) is 0 Å².